The van der Waals surface area contributed by atoms with E-state index in [1.165, 1.54) is 42.1 Å². The average Bonchev–Trinajstić information content (AvgIpc) is 3.04. The Labute approximate surface area is 107 Å². The number of hydrogen-bond donors (Lipinski definition) is 1. The molecule has 1 heterocycles. The summed E-state index contributed by atoms with van der Waals surface area (Å²) >= 11 is 1.87. The third-order valence-electron chi connectivity index (χ3n) is 4.36. The van der Waals surface area contributed by atoms with Crippen molar-refractivity contribution >= 4 is 11.3 Å². The highest BCUT2D eigenvalue weighted by Crippen LogP contribution is 2.53. The maximum atomic E-state index is 4.44. The van der Waals surface area contributed by atoms with Gasteiger partial charge in [-0.25, -0.2) is 0 Å². The fraction of sp³-hybridized carbons (Fsp3) is 0.846. The number of hydrogen-bond acceptors (Lipinski definition) is 4. The van der Waals surface area contributed by atoms with Gasteiger partial charge in [0.1, 0.15) is 10.0 Å². The molecule has 0 aliphatic heterocycles. The van der Waals surface area contributed by atoms with Crippen LogP contribution < -0.4 is 5.32 Å². The second-order valence-corrected chi connectivity index (χ2v) is 6.62. The van der Waals surface area contributed by atoms with Crippen molar-refractivity contribution in [1.29, 1.82) is 0 Å². The molecule has 2 bridgehead atoms. The second kappa shape index (κ2) is 5.02. The first kappa shape index (κ1) is 11.6. The molecule has 3 nitrogen and oxygen atoms in total. The van der Waals surface area contributed by atoms with Gasteiger partial charge in [0.25, 0.3) is 0 Å². The van der Waals surface area contributed by atoms with Crippen LogP contribution in [0.2, 0.25) is 0 Å². The summed E-state index contributed by atoms with van der Waals surface area (Å²) in [6.45, 7) is 1.07. The van der Waals surface area contributed by atoms with Crippen LogP contribution in [-0.4, -0.2) is 23.8 Å². The summed E-state index contributed by atoms with van der Waals surface area (Å²) in [5.41, 5.74) is 0. The predicted molar refractivity (Wildman–Crippen MR) is 70.3 cm³/mol. The van der Waals surface area contributed by atoms with Crippen molar-refractivity contribution in [2.24, 2.45) is 11.8 Å². The first-order chi connectivity index (χ1) is 8.36. The van der Waals surface area contributed by atoms with Crippen LogP contribution in [0.1, 0.15) is 48.0 Å². The quantitative estimate of drug-likeness (QED) is 0.817. The van der Waals surface area contributed by atoms with Gasteiger partial charge in [0.15, 0.2) is 0 Å². The summed E-state index contributed by atoms with van der Waals surface area (Å²) in [5.74, 6) is 2.68. The maximum absolute atomic E-state index is 4.44. The number of fused-ring (bicyclic) bond motifs is 2. The highest BCUT2D eigenvalue weighted by Gasteiger charge is 2.41. The van der Waals surface area contributed by atoms with Crippen LogP contribution in [0.4, 0.5) is 0 Å². The molecule has 3 rings (SSSR count). The average molecular weight is 251 g/mol. The first-order valence-electron chi connectivity index (χ1n) is 6.83. The van der Waals surface area contributed by atoms with Gasteiger partial charge in [-0.2, -0.15) is 0 Å². The standard InChI is InChI=1S/C13H21N3S/c1-14-6-2-3-12-15-16-13(17-12)11-8-9-4-5-10(11)7-9/h9-11,14H,2-8H2,1H3. The van der Waals surface area contributed by atoms with Gasteiger partial charge in [-0.1, -0.05) is 6.42 Å². The summed E-state index contributed by atoms with van der Waals surface area (Å²) in [7, 11) is 2.00. The summed E-state index contributed by atoms with van der Waals surface area (Å²) in [6, 6.07) is 0. The second-order valence-electron chi connectivity index (χ2n) is 5.52. The van der Waals surface area contributed by atoms with E-state index < -0.39 is 0 Å². The lowest BCUT2D eigenvalue weighted by Gasteiger charge is -2.18. The molecule has 4 heteroatoms. The van der Waals surface area contributed by atoms with Crippen molar-refractivity contribution in [3.63, 3.8) is 0 Å². The van der Waals surface area contributed by atoms with Crippen LogP contribution in [0.3, 0.4) is 0 Å². The molecule has 1 N–H and O–H groups in total. The zero-order chi connectivity index (χ0) is 11.7. The molecule has 3 atom stereocenters. The Balaban J connectivity index is 1.60. The fourth-order valence-corrected chi connectivity index (χ4v) is 4.57. The molecule has 0 saturated heterocycles. The smallest absolute Gasteiger partial charge is 0.120 e. The number of aryl methyl sites for hydroxylation is 1. The predicted octanol–water partition coefficient (Wildman–Crippen LogP) is 2.59. The van der Waals surface area contributed by atoms with Gasteiger partial charge in [-0.3, -0.25) is 0 Å². The van der Waals surface area contributed by atoms with E-state index in [1.54, 1.807) is 0 Å². The maximum Gasteiger partial charge on any atom is 0.120 e. The van der Waals surface area contributed by atoms with Crippen molar-refractivity contribution < 1.29 is 0 Å². The first-order valence-corrected chi connectivity index (χ1v) is 7.65. The lowest BCUT2D eigenvalue weighted by molar-refractivity contribution is 0.417. The molecule has 1 aromatic heterocycles. The summed E-state index contributed by atoms with van der Waals surface area (Å²) < 4.78 is 0. The SMILES string of the molecule is CNCCCc1nnc(C2CC3CCC2C3)s1. The molecule has 3 unspecified atom stereocenters. The molecule has 0 amide bonds. The van der Waals surface area contributed by atoms with E-state index in [0.717, 1.165) is 30.7 Å². The van der Waals surface area contributed by atoms with Gasteiger partial charge in [0, 0.05) is 12.3 Å². The lowest BCUT2D eigenvalue weighted by atomic mass is 9.89. The van der Waals surface area contributed by atoms with E-state index in [9.17, 15) is 0 Å². The molecule has 2 aliphatic carbocycles. The van der Waals surface area contributed by atoms with Crippen molar-refractivity contribution in [2.75, 3.05) is 13.6 Å². The van der Waals surface area contributed by atoms with Crippen LogP contribution >= 0.6 is 11.3 Å². The van der Waals surface area contributed by atoms with E-state index in [2.05, 4.69) is 15.5 Å². The topological polar surface area (TPSA) is 37.8 Å². The summed E-state index contributed by atoms with van der Waals surface area (Å²) in [5, 5.41) is 14.5. The van der Waals surface area contributed by atoms with Crippen molar-refractivity contribution in [1.82, 2.24) is 15.5 Å². The molecular formula is C13H21N3S. The van der Waals surface area contributed by atoms with Crippen LogP contribution in [0.5, 0.6) is 0 Å². The van der Waals surface area contributed by atoms with Crippen LogP contribution in [-0.2, 0) is 6.42 Å². The normalized spacial score (nSPS) is 31.2. The molecule has 17 heavy (non-hydrogen) atoms. The summed E-state index contributed by atoms with van der Waals surface area (Å²) in [4.78, 5) is 0. The number of nitrogens with zero attached hydrogens (tertiary/aromatic N) is 2. The molecule has 1 aromatic rings. The Morgan fingerprint density at radius 2 is 2.24 bits per heavy atom. The van der Waals surface area contributed by atoms with Crippen molar-refractivity contribution in [3.05, 3.63) is 10.0 Å². The minimum absolute atomic E-state index is 0.754. The Morgan fingerprint density at radius 1 is 1.29 bits per heavy atom. The van der Waals surface area contributed by atoms with E-state index in [1.807, 2.05) is 18.4 Å². The largest absolute Gasteiger partial charge is 0.320 e. The monoisotopic (exact) mass is 251 g/mol. The molecule has 2 aliphatic rings. The van der Waals surface area contributed by atoms with Crippen LogP contribution in [0, 0.1) is 11.8 Å². The zero-order valence-corrected chi connectivity index (χ0v) is 11.3. The van der Waals surface area contributed by atoms with E-state index in [0.29, 0.717) is 0 Å². The van der Waals surface area contributed by atoms with Crippen LogP contribution in [0.25, 0.3) is 0 Å². The summed E-state index contributed by atoms with van der Waals surface area (Å²) in [6.07, 6.45) is 8.00. The van der Waals surface area contributed by atoms with E-state index >= 15 is 0 Å². The minimum atomic E-state index is 0.754. The molecule has 94 valence electrons. The Bertz CT molecular complexity index is 376. The third kappa shape index (κ3) is 2.38. The van der Waals surface area contributed by atoms with Crippen molar-refractivity contribution in [3.8, 4) is 0 Å². The Hall–Kier alpha value is -0.480. The molecule has 0 aromatic carbocycles. The molecule has 0 radical (unpaired) electrons. The Morgan fingerprint density at radius 3 is 2.94 bits per heavy atom. The highest BCUT2D eigenvalue weighted by molar-refractivity contribution is 7.11. The number of rotatable bonds is 5. The van der Waals surface area contributed by atoms with Gasteiger partial charge >= 0.3 is 0 Å². The van der Waals surface area contributed by atoms with E-state index in [4.69, 9.17) is 0 Å². The third-order valence-corrected chi connectivity index (χ3v) is 5.47. The van der Waals surface area contributed by atoms with Crippen LogP contribution in [0.15, 0.2) is 0 Å². The zero-order valence-electron chi connectivity index (χ0n) is 10.5. The van der Waals surface area contributed by atoms with Gasteiger partial charge in [0.2, 0.25) is 0 Å². The van der Waals surface area contributed by atoms with Gasteiger partial charge in [-0.05, 0) is 51.1 Å². The van der Waals surface area contributed by atoms with Crippen molar-refractivity contribution in [2.45, 2.75) is 44.4 Å². The Kier molecular flexibility index (Phi) is 3.43. The van der Waals surface area contributed by atoms with Gasteiger partial charge in [-0.15, -0.1) is 21.5 Å². The highest BCUT2D eigenvalue weighted by atomic mass is 32.1. The minimum Gasteiger partial charge on any atom is -0.320 e. The fourth-order valence-electron chi connectivity index (χ4n) is 3.48. The molecule has 2 fully saturated rings. The number of nitrogens with one attached hydrogen (secondary N) is 1. The molecule has 2 saturated carbocycles. The molecular weight excluding hydrogens is 230 g/mol. The van der Waals surface area contributed by atoms with Gasteiger partial charge in [0.05, 0.1) is 0 Å². The van der Waals surface area contributed by atoms with E-state index in [-0.39, 0.29) is 0 Å². The van der Waals surface area contributed by atoms with Gasteiger partial charge < -0.3 is 5.32 Å². The lowest BCUT2D eigenvalue weighted by Crippen LogP contribution is -2.08. The number of aromatic nitrogens is 2. The molecule has 0 spiro atoms.